The van der Waals surface area contributed by atoms with Crippen LogP contribution < -0.4 is 10.6 Å². The number of carbonyl (C=O) groups is 1. The van der Waals surface area contributed by atoms with E-state index in [0.717, 1.165) is 37.8 Å². The van der Waals surface area contributed by atoms with Crippen LogP contribution in [0, 0.1) is 0 Å². The smallest absolute Gasteiger partial charge is 0.251 e. The van der Waals surface area contributed by atoms with Gasteiger partial charge in [-0.05, 0) is 25.0 Å². The van der Waals surface area contributed by atoms with Crippen LogP contribution in [0.5, 0.6) is 0 Å². The number of hydrogen-bond acceptors (Lipinski definition) is 3. The predicted molar refractivity (Wildman–Crippen MR) is 118 cm³/mol. The summed E-state index contributed by atoms with van der Waals surface area (Å²) in [6, 6.07) is 9.32. The number of nitrogens with zero attached hydrogens (tertiary/aromatic N) is 2. The van der Waals surface area contributed by atoms with E-state index in [1.807, 2.05) is 37.4 Å². The minimum absolute atomic E-state index is 0. The minimum atomic E-state index is -0.0150. The number of guanidine groups is 1. The molecule has 1 amide bonds. The van der Waals surface area contributed by atoms with E-state index < -0.39 is 0 Å². The minimum Gasteiger partial charge on any atom is -0.356 e. The lowest BCUT2D eigenvalue weighted by Crippen LogP contribution is -2.48. The number of hydrogen-bond donors (Lipinski definition) is 2. The summed E-state index contributed by atoms with van der Waals surface area (Å²) in [7, 11) is 1.84. The fourth-order valence-corrected chi connectivity index (χ4v) is 3.85. The van der Waals surface area contributed by atoms with E-state index >= 15 is 0 Å². The van der Waals surface area contributed by atoms with Gasteiger partial charge in [-0.25, -0.2) is 0 Å². The molecule has 1 aliphatic rings. The number of halogens is 1. The highest BCUT2D eigenvalue weighted by Crippen LogP contribution is 2.20. The average Bonchev–Trinajstić information content (AvgIpc) is 2.65. The molecule has 5 nitrogen and oxygen atoms in total. The monoisotopic (exact) mass is 476 g/mol. The van der Waals surface area contributed by atoms with Gasteiger partial charge in [0.2, 0.25) is 0 Å². The Morgan fingerprint density at radius 3 is 2.68 bits per heavy atom. The SMILES string of the molecule is CCC1CN(C(=NC)NCCCNC(=O)c2ccccc2)CCS1.I. The van der Waals surface area contributed by atoms with Gasteiger partial charge in [0.1, 0.15) is 0 Å². The van der Waals surface area contributed by atoms with Crippen molar-refractivity contribution in [1.82, 2.24) is 15.5 Å². The fourth-order valence-electron chi connectivity index (χ4n) is 2.67. The lowest BCUT2D eigenvalue weighted by molar-refractivity contribution is 0.0953. The normalized spacial score (nSPS) is 17.6. The number of aliphatic imine (C=N–C) groups is 1. The summed E-state index contributed by atoms with van der Waals surface area (Å²) in [6.45, 7) is 5.82. The number of rotatable bonds is 6. The Morgan fingerprint density at radius 2 is 2.00 bits per heavy atom. The Hall–Kier alpha value is -0.960. The zero-order chi connectivity index (χ0) is 17.2. The van der Waals surface area contributed by atoms with Crippen molar-refractivity contribution in [3.63, 3.8) is 0 Å². The van der Waals surface area contributed by atoms with Gasteiger partial charge in [-0.15, -0.1) is 24.0 Å². The maximum Gasteiger partial charge on any atom is 0.251 e. The number of nitrogens with one attached hydrogen (secondary N) is 2. The Morgan fingerprint density at radius 1 is 1.28 bits per heavy atom. The Balaban J connectivity index is 0.00000312. The molecule has 0 aromatic heterocycles. The van der Waals surface area contributed by atoms with Crippen LogP contribution in [0.25, 0.3) is 0 Å². The molecule has 0 spiro atoms. The highest BCUT2D eigenvalue weighted by atomic mass is 127. The van der Waals surface area contributed by atoms with Crippen molar-refractivity contribution in [3.8, 4) is 0 Å². The molecular weight excluding hydrogens is 447 g/mol. The molecule has 0 bridgehead atoms. The molecule has 0 saturated carbocycles. The molecule has 25 heavy (non-hydrogen) atoms. The summed E-state index contributed by atoms with van der Waals surface area (Å²) in [5, 5.41) is 7.06. The molecule has 1 unspecified atom stereocenters. The van der Waals surface area contributed by atoms with Crippen LogP contribution in [0.2, 0.25) is 0 Å². The van der Waals surface area contributed by atoms with Crippen molar-refractivity contribution in [1.29, 1.82) is 0 Å². The third kappa shape index (κ3) is 7.43. The zero-order valence-electron chi connectivity index (χ0n) is 15.0. The first-order chi connectivity index (χ1) is 11.7. The van der Waals surface area contributed by atoms with Crippen molar-refractivity contribution in [3.05, 3.63) is 35.9 Å². The van der Waals surface area contributed by atoms with E-state index in [1.165, 1.54) is 6.42 Å². The third-order valence-electron chi connectivity index (χ3n) is 4.06. The topological polar surface area (TPSA) is 56.7 Å². The lowest BCUT2D eigenvalue weighted by atomic mass is 10.2. The van der Waals surface area contributed by atoms with Crippen molar-refractivity contribution >= 4 is 47.6 Å². The van der Waals surface area contributed by atoms with E-state index in [1.54, 1.807) is 0 Å². The van der Waals surface area contributed by atoms with Crippen molar-refractivity contribution in [2.75, 3.05) is 39.0 Å². The van der Waals surface area contributed by atoms with Crippen LogP contribution in [-0.2, 0) is 0 Å². The molecule has 140 valence electrons. The zero-order valence-corrected chi connectivity index (χ0v) is 18.2. The van der Waals surface area contributed by atoms with Crippen LogP contribution in [0.15, 0.2) is 35.3 Å². The standard InChI is InChI=1S/C18H28N4OS.HI/c1-3-16-14-22(12-13-24-16)18(19-2)21-11-7-10-20-17(23)15-8-5-4-6-9-15;/h4-6,8-9,16H,3,7,10-14H2,1-2H3,(H,19,21)(H,20,23);1H. The van der Waals surface area contributed by atoms with Crippen molar-refractivity contribution < 1.29 is 4.79 Å². The summed E-state index contributed by atoms with van der Waals surface area (Å²) in [5.41, 5.74) is 0.706. The molecule has 1 aromatic rings. The maximum atomic E-state index is 11.9. The lowest BCUT2D eigenvalue weighted by Gasteiger charge is -2.34. The summed E-state index contributed by atoms with van der Waals surface area (Å²) in [5.74, 6) is 2.12. The second-order valence-electron chi connectivity index (χ2n) is 5.80. The summed E-state index contributed by atoms with van der Waals surface area (Å²) >= 11 is 2.06. The summed E-state index contributed by atoms with van der Waals surface area (Å²) < 4.78 is 0. The van der Waals surface area contributed by atoms with Gasteiger partial charge in [0.15, 0.2) is 5.96 Å². The van der Waals surface area contributed by atoms with Gasteiger partial charge in [0, 0.05) is 49.8 Å². The maximum absolute atomic E-state index is 11.9. The number of benzene rings is 1. The van der Waals surface area contributed by atoms with Gasteiger partial charge in [-0.3, -0.25) is 9.79 Å². The van der Waals surface area contributed by atoms with Gasteiger partial charge in [0.25, 0.3) is 5.91 Å². The molecule has 0 aliphatic carbocycles. The van der Waals surface area contributed by atoms with Gasteiger partial charge < -0.3 is 15.5 Å². The Labute approximate surface area is 172 Å². The average molecular weight is 476 g/mol. The van der Waals surface area contributed by atoms with E-state index in [0.29, 0.717) is 17.4 Å². The fraction of sp³-hybridized carbons (Fsp3) is 0.556. The van der Waals surface area contributed by atoms with Crippen molar-refractivity contribution in [2.45, 2.75) is 25.0 Å². The number of carbonyl (C=O) groups excluding carboxylic acids is 1. The first kappa shape index (κ1) is 22.1. The van der Waals surface area contributed by atoms with Crippen molar-refractivity contribution in [2.24, 2.45) is 4.99 Å². The first-order valence-electron chi connectivity index (χ1n) is 8.65. The molecule has 7 heteroatoms. The predicted octanol–water partition coefficient (Wildman–Crippen LogP) is 2.83. The second kappa shape index (κ2) is 12.4. The molecule has 2 N–H and O–H groups in total. The molecule has 0 radical (unpaired) electrons. The molecule has 2 rings (SSSR count). The van der Waals surface area contributed by atoms with Gasteiger partial charge in [0.05, 0.1) is 0 Å². The van der Waals surface area contributed by atoms with E-state index in [4.69, 9.17) is 0 Å². The highest BCUT2D eigenvalue weighted by Gasteiger charge is 2.21. The van der Waals surface area contributed by atoms with Crippen LogP contribution in [0.3, 0.4) is 0 Å². The molecule has 1 heterocycles. The summed E-state index contributed by atoms with van der Waals surface area (Å²) in [6.07, 6.45) is 2.07. The molecule has 1 saturated heterocycles. The van der Waals surface area contributed by atoms with Gasteiger partial charge in [-0.2, -0.15) is 11.8 Å². The largest absolute Gasteiger partial charge is 0.356 e. The Bertz CT molecular complexity index is 541. The van der Waals surface area contributed by atoms with Crippen LogP contribution in [0.4, 0.5) is 0 Å². The molecule has 1 aliphatic heterocycles. The summed E-state index contributed by atoms with van der Waals surface area (Å²) in [4.78, 5) is 18.7. The third-order valence-corrected chi connectivity index (χ3v) is 5.44. The van der Waals surface area contributed by atoms with Crippen LogP contribution >= 0.6 is 35.7 Å². The first-order valence-corrected chi connectivity index (χ1v) is 9.70. The molecule has 1 atom stereocenters. The number of thioether (sulfide) groups is 1. The van der Waals surface area contributed by atoms with Crippen LogP contribution in [-0.4, -0.2) is 61.0 Å². The van der Waals surface area contributed by atoms with E-state index in [2.05, 4.69) is 39.2 Å². The second-order valence-corrected chi connectivity index (χ2v) is 7.20. The van der Waals surface area contributed by atoms with E-state index in [9.17, 15) is 4.79 Å². The van der Waals surface area contributed by atoms with Gasteiger partial charge >= 0.3 is 0 Å². The number of amides is 1. The quantitative estimate of drug-likeness (QED) is 0.287. The molecular formula is C18H29IN4OS. The molecule has 1 fully saturated rings. The van der Waals surface area contributed by atoms with E-state index in [-0.39, 0.29) is 29.9 Å². The molecule has 1 aromatic carbocycles. The Kier molecular flexibility index (Phi) is 11.0. The highest BCUT2D eigenvalue weighted by molar-refractivity contribution is 14.0. The van der Waals surface area contributed by atoms with Crippen LogP contribution in [0.1, 0.15) is 30.1 Å². The van der Waals surface area contributed by atoms with Gasteiger partial charge in [-0.1, -0.05) is 25.1 Å².